The largest absolute Gasteiger partial charge is 0.416 e. The summed E-state index contributed by atoms with van der Waals surface area (Å²) in [5.41, 5.74) is 1.65. The second kappa shape index (κ2) is 5.25. The Kier molecular flexibility index (Phi) is 3.40. The molecule has 0 N–H and O–H groups in total. The number of halogens is 3. The summed E-state index contributed by atoms with van der Waals surface area (Å²) in [5, 5.41) is 7.63. The molecule has 112 valence electrons. The van der Waals surface area contributed by atoms with E-state index >= 15 is 0 Å². The van der Waals surface area contributed by atoms with E-state index < -0.39 is 11.7 Å². The third-order valence-electron chi connectivity index (χ3n) is 3.31. The van der Waals surface area contributed by atoms with Crippen molar-refractivity contribution in [2.24, 2.45) is 0 Å². The average Bonchev–Trinajstić information content (AvgIpc) is 3.01. The molecule has 0 amide bonds. The summed E-state index contributed by atoms with van der Waals surface area (Å²) in [6.07, 6.45) is 0.356. The van der Waals surface area contributed by atoms with Gasteiger partial charge >= 0.3 is 6.18 Å². The van der Waals surface area contributed by atoms with Crippen molar-refractivity contribution in [2.75, 3.05) is 0 Å². The maximum absolute atomic E-state index is 12.8. The van der Waals surface area contributed by atoms with Crippen molar-refractivity contribution in [1.29, 1.82) is 0 Å². The van der Waals surface area contributed by atoms with Gasteiger partial charge in [-0.2, -0.15) is 13.2 Å². The molecular weight excluding hydrogens is 293 g/mol. The molecule has 0 bridgehead atoms. The van der Waals surface area contributed by atoms with Crippen molar-refractivity contribution in [3.63, 3.8) is 0 Å². The van der Waals surface area contributed by atoms with E-state index in [0.29, 0.717) is 11.3 Å². The number of benzene rings is 1. The van der Waals surface area contributed by atoms with Gasteiger partial charge in [-0.05, 0) is 25.1 Å². The van der Waals surface area contributed by atoms with Crippen LogP contribution in [0.3, 0.4) is 0 Å². The quantitative estimate of drug-likeness (QED) is 0.725. The van der Waals surface area contributed by atoms with Gasteiger partial charge in [0.05, 0.1) is 29.3 Å². The Labute approximate surface area is 124 Å². The fraction of sp³-hybridized carbons (Fsp3) is 0.133. The lowest BCUT2D eigenvalue weighted by atomic mass is 10.0. The molecule has 1 aromatic carbocycles. The number of nitrogens with zero attached hydrogens (tertiary/aromatic N) is 4. The van der Waals surface area contributed by atoms with Crippen LogP contribution < -0.4 is 0 Å². The van der Waals surface area contributed by atoms with Crippen LogP contribution in [0.1, 0.15) is 11.1 Å². The first-order chi connectivity index (χ1) is 10.5. The van der Waals surface area contributed by atoms with E-state index in [1.165, 1.54) is 12.3 Å². The third-order valence-corrected chi connectivity index (χ3v) is 3.31. The van der Waals surface area contributed by atoms with E-state index in [1.54, 1.807) is 36.1 Å². The smallest absolute Gasteiger partial charge is 0.256 e. The summed E-state index contributed by atoms with van der Waals surface area (Å²) >= 11 is 0. The first-order valence-corrected chi connectivity index (χ1v) is 6.47. The Morgan fingerprint density at radius 1 is 1.09 bits per heavy atom. The van der Waals surface area contributed by atoms with Gasteiger partial charge in [-0.3, -0.25) is 4.98 Å². The van der Waals surface area contributed by atoms with E-state index in [2.05, 4.69) is 15.3 Å². The van der Waals surface area contributed by atoms with Crippen molar-refractivity contribution in [3.8, 4) is 16.9 Å². The molecule has 0 saturated carbocycles. The van der Waals surface area contributed by atoms with Crippen LogP contribution in [0.15, 0.2) is 48.9 Å². The van der Waals surface area contributed by atoms with Crippen molar-refractivity contribution in [3.05, 3.63) is 60.0 Å². The molecule has 0 atom stereocenters. The molecule has 7 heteroatoms. The van der Waals surface area contributed by atoms with Crippen LogP contribution in [0.2, 0.25) is 0 Å². The number of aromatic nitrogens is 4. The van der Waals surface area contributed by atoms with E-state index in [-0.39, 0.29) is 0 Å². The molecule has 0 radical (unpaired) electrons. The maximum atomic E-state index is 12.8. The third kappa shape index (κ3) is 2.57. The van der Waals surface area contributed by atoms with Gasteiger partial charge in [0, 0.05) is 17.3 Å². The molecule has 2 aromatic heterocycles. The van der Waals surface area contributed by atoms with Gasteiger partial charge in [-0.15, -0.1) is 5.10 Å². The summed E-state index contributed by atoms with van der Waals surface area (Å²) in [5.74, 6) is 0. The molecule has 3 rings (SSSR count). The van der Waals surface area contributed by atoms with Crippen LogP contribution >= 0.6 is 0 Å². The molecule has 0 saturated heterocycles. The second-order valence-electron chi connectivity index (χ2n) is 4.73. The lowest BCUT2D eigenvalue weighted by molar-refractivity contribution is -0.137. The van der Waals surface area contributed by atoms with Crippen molar-refractivity contribution < 1.29 is 13.2 Å². The molecular formula is C15H11F3N4. The Morgan fingerprint density at radius 2 is 1.91 bits per heavy atom. The minimum absolute atomic E-state index is 0.411. The van der Waals surface area contributed by atoms with E-state index in [9.17, 15) is 13.2 Å². The van der Waals surface area contributed by atoms with Crippen LogP contribution in [-0.2, 0) is 6.18 Å². The van der Waals surface area contributed by atoms with Crippen molar-refractivity contribution in [1.82, 2.24) is 20.0 Å². The molecule has 0 spiro atoms. The molecule has 3 aromatic rings. The minimum Gasteiger partial charge on any atom is -0.256 e. The standard InChI is InChI=1S/C15H11F3N4/c1-10-13(22-8-7-20-21-22)5-6-19-14(10)11-3-2-4-12(9-11)15(16,17)18/h2-9H,1H3. The number of rotatable bonds is 2. The maximum Gasteiger partial charge on any atom is 0.416 e. The summed E-state index contributed by atoms with van der Waals surface area (Å²) in [6, 6.07) is 6.86. The lowest BCUT2D eigenvalue weighted by Gasteiger charge is -2.12. The molecule has 0 aliphatic heterocycles. The fourth-order valence-corrected chi connectivity index (χ4v) is 2.24. The highest BCUT2D eigenvalue weighted by molar-refractivity contribution is 5.67. The summed E-state index contributed by atoms with van der Waals surface area (Å²) in [7, 11) is 0. The summed E-state index contributed by atoms with van der Waals surface area (Å²) in [4.78, 5) is 4.21. The van der Waals surface area contributed by atoms with Gasteiger partial charge in [-0.25, -0.2) is 4.68 Å². The first kappa shape index (κ1) is 14.2. The average molecular weight is 304 g/mol. The van der Waals surface area contributed by atoms with E-state index in [4.69, 9.17) is 0 Å². The zero-order valence-electron chi connectivity index (χ0n) is 11.5. The highest BCUT2D eigenvalue weighted by Gasteiger charge is 2.30. The molecule has 0 fully saturated rings. The zero-order chi connectivity index (χ0) is 15.7. The molecule has 2 heterocycles. The lowest BCUT2D eigenvalue weighted by Crippen LogP contribution is -2.05. The number of hydrogen-bond acceptors (Lipinski definition) is 3. The molecule has 4 nitrogen and oxygen atoms in total. The van der Waals surface area contributed by atoms with Crippen LogP contribution in [0.25, 0.3) is 16.9 Å². The molecule has 0 unspecified atom stereocenters. The predicted molar refractivity (Wildman–Crippen MR) is 74.3 cm³/mol. The molecule has 0 aliphatic carbocycles. The van der Waals surface area contributed by atoms with E-state index in [1.807, 2.05) is 0 Å². The first-order valence-electron chi connectivity index (χ1n) is 6.47. The van der Waals surface area contributed by atoms with E-state index in [0.717, 1.165) is 23.4 Å². The molecule has 0 aliphatic rings. The topological polar surface area (TPSA) is 43.6 Å². The van der Waals surface area contributed by atoms with Crippen LogP contribution in [0.5, 0.6) is 0 Å². The summed E-state index contributed by atoms with van der Waals surface area (Å²) < 4.78 is 40.1. The zero-order valence-corrected chi connectivity index (χ0v) is 11.5. The number of hydrogen-bond donors (Lipinski definition) is 0. The number of pyridine rings is 1. The predicted octanol–water partition coefficient (Wildman–Crippen LogP) is 3.66. The Bertz CT molecular complexity index is 795. The molecule has 22 heavy (non-hydrogen) atoms. The SMILES string of the molecule is Cc1c(-n2ccnn2)ccnc1-c1cccc(C(F)(F)F)c1. The van der Waals surface area contributed by atoms with Crippen molar-refractivity contribution in [2.45, 2.75) is 13.1 Å². The van der Waals surface area contributed by atoms with Gasteiger partial charge in [0.25, 0.3) is 0 Å². The van der Waals surface area contributed by atoms with Crippen LogP contribution in [0, 0.1) is 6.92 Å². The monoisotopic (exact) mass is 304 g/mol. The fourth-order valence-electron chi connectivity index (χ4n) is 2.24. The van der Waals surface area contributed by atoms with Gasteiger partial charge in [-0.1, -0.05) is 17.3 Å². The van der Waals surface area contributed by atoms with Crippen molar-refractivity contribution >= 4 is 0 Å². The highest BCUT2D eigenvalue weighted by atomic mass is 19.4. The summed E-state index contributed by atoms with van der Waals surface area (Å²) in [6.45, 7) is 1.79. The van der Waals surface area contributed by atoms with Gasteiger partial charge in [0.15, 0.2) is 0 Å². The minimum atomic E-state index is -4.38. The number of alkyl halides is 3. The Hall–Kier alpha value is -2.70. The van der Waals surface area contributed by atoms with Gasteiger partial charge in [0.2, 0.25) is 0 Å². The second-order valence-corrected chi connectivity index (χ2v) is 4.73. The Morgan fingerprint density at radius 3 is 2.59 bits per heavy atom. The van der Waals surface area contributed by atoms with Gasteiger partial charge < -0.3 is 0 Å². The van der Waals surface area contributed by atoms with Crippen LogP contribution in [0.4, 0.5) is 13.2 Å². The van der Waals surface area contributed by atoms with Crippen LogP contribution in [-0.4, -0.2) is 20.0 Å². The Balaban J connectivity index is 2.12. The normalized spacial score (nSPS) is 11.6. The van der Waals surface area contributed by atoms with Gasteiger partial charge in [0.1, 0.15) is 0 Å². The highest BCUT2D eigenvalue weighted by Crippen LogP contribution is 2.33.